The SMILES string of the molecule is CC(C)C[C@H]1NC(=O)c2ccccc2OCc2noc(n2)CCCCCCCCNC(=O)CN(C)C(=O)[C@H]2C[C@H](O)CN2C1=O. The number of ether oxygens (including phenoxy) is 1. The molecule has 4 rings (SSSR count). The number of amides is 4. The lowest BCUT2D eigenvalue weighted by molar-refractivity contribution is -0.145. The molecule has 4 amide bonds. The summed E-state index contributed by atoms with van der Waals surface area (Å²) in [7, 11) is 1.52. The number of hydrogen-bond acceptors (Lipinski definition) is 9. The van der Waals surface area contributed by atoms with Gasteiger partial charge in [-0.25, -0.2) is 0 Å². The smallest absolute Gasteiger partial charge is 0.255 e. The summed E-state index contributed by atoms with van der Waals surface area (Å²) in [5.74, 6) is -0.477. The maximum absolute atomic E-state index is 13.9. The van der Waals surface area contributed by atoms with E-state index in [0.29, 0.717) is 36.9 Å². The summed E-state index contributed by atoms with van der Waals surface area (Å²) in [4.78, 5) is 60.5. The number of nitrogens with zero attached hydrogens (tertiary/aromatic N) is 4. The molecule has 246 valence electrons. The van der Waals surface area contributed by atoms with Gasteiger partial charge in [-0.3, -0.25) is 19.2 Å². The molecule has 2 aromatic rings. The summed E-state index contributed by atoms with van der Waals surface area (Å²) >= 11 is 0. The molecule has 0 radical (unpaired) electrons. The first-order valence-electron chi connectivity index (χ1n) is 16.0. The lowest BCUT2D eigenvalue weighted by Gasteiger charge is -2.31. The number of fused-ring (bicyclic) bond motifs is 4. The fourth-order valence-electron chi connectivity index (χ4n) is 5.73. The number of benzene rings is 1. The Hall–Kier alpha value is -4.00. The van der Waals surface area contributed by atoms with Crippen LogP contribution in [-0.2, 0) is 27.4 Å². The molecule has 1 aromatic heterocycles. The van der Waals surface area contributed by atoms with E-state index in [0.717, 1.165) is 38.5 Å². The highest BCUT2D eigenvalue weighted by Crippen LogP contribution is 2.24. The summed E-state index contributed by atoms with van der Waals surface area (Å²) in [5.41, 5.74) is 0.226. The van der Waals surface area contributed by atoms with Crippen LogP contribution in [0.2, 0.25) is 0 Å². The van der Waals surface area contributed by atoms with E-state index in [-0.39, 0.29) is 43.5 Å². The van der Waals surface area contributed by atoms with Crippen LogP contribution < -0.4 is 15.4 Å². The summed E-state index contributed by atoms with van der Waals surface area (Å²) in [6.45, 7) is 4.17. The number of likely N-dealkylation sites (N-methyl/N-ethyl adjacent to an activating group) is 1. The minimum absolute atomic E-state index is 0.00165. The lowest BCUT2D eigenvalue weighted by Crippen LogP contribution is -2.54. The molecule has 13 heteroatoms. The van der Waals surface area contributed by atoms with Gasteiger partial charge in [0.2, 0.25) is 29.4 Å². The van der Waals surface area contributed by atoms with Gasteiger partial charge in [0.25, 0.3) is 5.91 Å². The van der Waals surface area contributed by atoms with Gasteiger partial charge in [0.05, 0.1) is 18.2 Å². The van der Waals surface area contributed by atoms with Crippen LogP contribution in [-0.4, -0.2) is 93.5 Å². The Kier molecular flexibility index (Phi) is 12.3. The van der Waals surface area contributed by atoms with E-state index >= 15 is 0 Å². The van der Waals surface area contributed by atoms with E-state index in [1.165, 1.54) is 16.8 Å². The Morgan fingerprint density at radius 1 is 1.02 bits per heavy atom. The Balaban J connectivity index is 1.55. The number of carbonyl (C=O) groups excluding carboxylic acids is 4. The van der Waals surface area contributed by atoms with E-state index in [1.54, 1.807) is 24.3 Å². The molecule has 0 saturated carbocycles. The van der Waals surface area contributed by atoms with Crippen LogP contribution >= 0.6 is 0 Å². The fraction of sp³-hybridized carbons (Fsp3) is 0.625. The van der Waals surface area contributed by atoms with Crippen molar-refractivity contribution >= 4 is 23.6 Å². The van der Waals surface area contributed by atoms with Gasteiger partial charge in [-0.2, -0.15) is 4.98 Å². The predicted molar refractivity (Wildman–Crippen MR) is 164 cm³/mol. The maximum Gasteiger partial charge on any atom is 0.255 e. The highest BCUT2D eigenvalue weighted by atomic mass is 16.5. The van der Waals surface area contributed by atoms with Gasteiger partial charge in [-0.1, -0.05) is 56.8 Å². The van der Waals surface area contributed by atoms with E-state index in [2.05, 4.69) is 20.8 Å². The van der Waals surface area contributed by atoms with E-state index in [1.807, 2.05) is 13.8 Å². The zero-order chi connectivity index (χ0) is 32.3. The van der Waals surface area contributed by atoms with Crippen molar-refractivity contribution < 1.29 is 33.5 Å². The van der Waals surface area contributed by atoms with Crippen molar-refractivity contribution in [3.05, 3.63) is 41.5 Å². The normalized spacial score (nSPS) is 23.6. The van der Waals surface area contributed by atoms with Gasteiger partial charge in [-0.15, -0.1) is 0 Å². The Bertz CT molecular complexity index is 1310. The summed E-state index contributed by atoms with van der Waals surface area (Å²) in [5, 5.41) is 20.2. The molecule has 0 aliphatic carbocycles. The number of aryl methyl sites for hydroxylation is 1. The Labute approximate surface area is 264 Å². The topological polar surface area (TPSA) is 167 Å². The van der Waals surface area contributed by atoms with Crippen LogP contribution in [0, 0.1) is 5.92 Å². The largest absolute Gasteiger partial charge is 0.485 e. The molecule has 0 spiro atoms. The number of carbonyl (C=O) groups is 4. The third-order valence-electron chi connectivity index (χ3n) is 8.05. The van der Waals surface area contributed by atoms with Crippen molar-refractivity contribution in [2.45, 2.75) is 96.4 Å². The lowest BCUT2D eigenvalue weighted by atomic mass is 10.0. The fourth-order valence-corrected chi connectivity index (χ4v) is 5.73. The molecule has 2 bridgehead atoms. The molecular weight excluding hydrogens is 580 g/mol. The minimum atomic E-state index is -0.960. The van der Waals surface area contributed by atoms with Gasteiger partial charge in [0.15, 0.2) is 6.61 Å². The van der Waals surface area contributed by atoms with Crippen molar-refractivity contribution in [3.63, 3.8) is 0 Å². The van der Waals surface area contributed by atoms with Crippen LogP contribution in [0.5, 0.6) is 5.75 Å². The maximum atomic E-state index is 13.9. The zero-order valence-corrected chi connectivity index (χ0v) is 26.5. The van der Waals surface area contributed by atoms with Gasteiger partial charge in [0.1, 0.15) is 17.8 Å². The minimum Gasteiger partial charge on any atom is -0.485 e. The molecular formula is C32H46N6O7. The third-order valence-corrected chi connectivity index (χ3v) is 8.05. The molecule has 3 atom stereocenters. The highest BCUT2D eigenvalue weighted by Gasteiger charge is 2.43. The first-order valence-corrected chi connectivity index (χ1v) is 16.0. The molecule has 13 nitrogen and oxygen atoms in total. The number of aromatic nitrogens is 2. The quantitative estimate of drug-likeness (QED) is 0.453. The van der Waals surface area contributed by atoms with Crippen molar-refractivity contribution in [1.29, 1.82) is 0 Å². The molecule has 2 aliphatic rings. The van der Waals surface area contributed by atoms with Crippen LogP contribution in [0.15, 0.2) is 28.8 Å². The van der Waals surface area contributed by atoms with E-state index in [4.69, 9.17) is 9.26 Å². The zero-order valence-electron chi connectivity index (χ0n) is 26.5. The molecule has 3 N–H and O–H groups in total. The van der Waals surface area contributed by atoms with Crippen LogP contribution in [0.4, 0.5) is 0 Å². The number of nitrogens with one attached hydrogen (secondary N) is 2. The van der Waals surface area contributed by atoms with Crippen molar-refractivity contribution in [2.24, 2.45) is 5.92 Å². The van der Waals surface area contributed by atoms with E-state index < -0.39 is 35.9 Å². The first-order chi connectivity index (χ1) is 21.6. The monoisotopic (exact) mass is 626 g/mol. The molecule has 2 aliphatic heterocycles. The van der Waals surface area contributed by atoms with Crippen LogP contribution in [0.25, 0.3) is 0 Å². The number of hydrogen-bond donors (Lipinski definition) is 3. The molecule has 1 aromatic carbocycles. The second-order valence-electron chi connectivity index (χ2n) is 12.4. The standard InChI is InChI=1S/C32H46N6O7/c1-21(2)16-24-31(42)38-18-22(39)17-25(38)32(43)37(3)19-28(40)33-15-11-7-5-4-6-8-14-29-35-27(36-45-29)20-44-26-13-10-9-12-23(26)30(41)34-24/h9-10,12-13,21-22,24-25,39H,4-8,11,14-20H2,1-3H3,(H,33,40)(H,34,41)/t22-,24+,25+/m0/s1. The van der Waals surface area contributed by atoms with Crippen LogP contribution in [0.1, 0.15) is 87.3 Å². The summed E-state index contributed by atoms with van der Waals surface area (Å²) in [6.07, 6.45) is 5.94. The molecule has 3 heterocycles. The molecule has 0 unspecified atom stereocenters. The van der Waals surface area contributed by atoms with E-state index in [9.17, 15) is 24.3 Å². The molecule has 1 fully saturated rings. The van der Waals surface area contributed by atoms with Crippen molar-refractivity contribution in [2.75, 3.05) is 26.7 Å². The number of aliphatic hydroxyl groups excluding tert-OH is 1. The van der Waals surface area contributed by atoms with Gasteiger partial charge in [-0.05, 0) is 37.3 Å². The van der Waals surface area contributed by atoms with Gasteiger partial charge >= 0.3 is 0 Å². The Morgan fingerprint density at radius 2 is 1.76 bits per heavy atom. The number of para-hydroxylation sites is 1. The Morgan fingerprint density at radius 3 is 2.53 bits per heavy atom. The second-order valence-corrected chi connectivity index (χ2v) is 12.4. The summed E-state index contributed by atoms with van der Waals surface area (Å²) in [6, 6.07) is 4.78. The number of rotatable bonds is 2. The highest BCUT2D eigenvalue weighted by molar-refractivity contribution is 6.00. The predicted octanol–water partition coefficient (Wildman–Crippen LogP) is 2.23. The first kappa shape index (κ1) is 33.9. The number of aliphatic hydroxyl groups is 1. The molecule has 45 heavy (non-hydrogen) atoms. The van der Waals surface area contributed by atoms with Crippen LogP contribution in [0.3, 0.4) is 0 Å². The average molecular weight is 627 g/mol. The second kappa shape index (κ2) is 16.4. The van der Waals surface area contributed by atoms with Gasteiger partial charge in [0, 0.05) is 33.0 Å². The summed E-state index contributed by atoms with van der Waals surface area (Å²) < 4.78 is 11.3. The molecule has 1 saturated heterocycles. The average Bonchev–Trinajstić information content (AvgIpc) is 3.63. The third kappa shape index (κ3) is 9.74. The van der Waals surface area contributed by atoms with Crippen molar-refractivity contribution in [1.82, 2.24) is 30.6 Å². The van der Waals surface area contributed by atoms with Crippen molar-refractivity contribution in [3.8, 4) is 5.75 Å². The van der Waals surface area contributed by atoms with Gasteiger partial charge < -0.3 is 34.8 Å².